The third kappa shape index (κ3) is 3.23. The molecule has 0 bridgehead atoms. The number of thioether (sulfide) groups is 1. The van der Waals surface area contributed by atoms with Gasteiger partial charge in [-0.3, -0.25) is 0 Å². The zero-order chi connectivity index (χ0) is 10.7. The molecule has 15 heavy (non-hydrogen) atoms. The van der Waals surface area contributed by atoms with E-state index in [2.05, 4.69) is 64.2 Å². The van der Waals surface area contributed by atoms with Gasteiger partial charge in [-0.25, -0.2) is 0 Å². The summed E-state index contributed by atoms with van der Waals surface area (Å²) in [5.41, 5.74) is 1.37. The lowest BCUT2D eigenvalue weighted by Gasteiger charge is -2.19. The highest BCUT2D eigenvalue weighted by molar-refractivity contribution is 9.10. The highest BCUT2D eigenvalue weighted by Gasteiger charge is 2.17. The molecule has 2 unspecified atom stereocenters. The van der Waals surface area contributed by atoms with Gasteiger partial charge in [0.25, 0.3) is 0 Å². The lowest BCUT2D eigenvalue weighted by Crippen LogP contribution is -2.31. The number of nitrogens with one attached hydrogen (secondary N) is 1. The van der Waals surface area contributed by atoms with E-state index in [9.17, 15) is 0 Å². The van der Waals surface area contributed by atoms with Crippen LogP contribution in [0.15, 0.2) is 28.7 Å². The number of hydrogen-bond donors (Lipinski definition) is 1. The molecule has 2 atom stereocenters. The molecule has 1 aromatic carbocycles. The fourth-order valence-electron chi connectivity index (χ4n) is 1.87. The Hall–Kier alpha value is 0.01000. The highest BCUT2D eigenvalue weighted by Crippen LogP contribution is 2.22. The molecule has 3 heteroatoms. The molecule has 1 saturated heterocycles. The molecule has 2 rings (SSSR count). The first-order valence-electron chi connectivity index (χ1n) is 5.35. The molecule has 1 fully saturated rings. The van der Waals surface area contributed by atoms with Crippen LogP contribution in [0, 0.1) is 0 Å². The maximum Gasteiger partial charge on any atom is 0.0294 e. The summed E-state index contributed by atoms with van der Waals surface area (Å²) >= 11 is 5.51. The van der Waals surface area contributed by atoms with Gasteiger partial charge in [0.1, 0.15) is 0 Å². The SMILES string of the molecule is CC(NC1CCSC1)c1ccc(Br)cc1. The predicted octanol–water partition coefficient (Wildman–Crippen LogP) is 3.61. The topological polar surface area (TPSA) is 12.0 Å². The first-order chi connectivity index (χ1) is 7.25. The van der Waals surface area contributed by atoms with Gasteiger partial charge in [-0.05, 0) is 36.8 Å². The second kappa shape index (κ2) is 5.37. The second-order valence-corrected chi connectivity index (χ2v) is 6.07. The molecule has 1 aromatic rings. The standard InChI is InChI=1S/C12H16BrNS/c1-9(14-12-6-7-15-8-12)10-2-4-11(13)5-3-10/h2-5,9,12,14H,6-8H2,1H3. The van der Waals surface area contributed by atoms with Crippen molar-refractivity contribution >= 4 is 27.7 Å². The molecule has 1 N–H and O–H groups in total. The Morgan fingerprint density at radius 1 is 1.40 bits per heavy atom. The number of benzene rings is 1. The highest BCUT2D eigenvalue weighted by atomic mass is 79.9. The maximum atomic E-state index is 3.68. The molecule has 0 aromatic heterocycles. The van der Waals surface area contributed by atoms with Crippen LogP contribution in [0.1, 0.15) is 24.9 Å². The number of hydrogen-bond acceptors (Lipinski definition) is 2. The van der Waals surface area contributed by atoms with Crippen LogP contribution < -0.4 is 5.32 Å². The van der Waals surface area contributed by atoms with Crippen LogP contribution in [0.4, 0.5) is 0 Å². The number of rotatable bonds is 3. The zero-order valence-electron chi connectivity index (χ0n) is 8.87. The van der Waals surface area contributed by atoms with Gasteiger partial charge < -0.3 is 5.32 Å². The van der Waals surface area contributed by atoms with E-state index in [4.69, 9.17) is 0 Å². The molecule has 0 radical (unpaired) electrons. The van der Waals surface area contributed by atoms with Gasteiger partial charge in [0.15, 0.2) is 0 Å². The summed E-state index contributed by atoms with van der Waals surface area (Å²) in [6, 6.07) is 9.75. The smallest absolute Gasteiger partial charge is 0.0294 e. The van der Waals surface area contributed by atoms with Crippen molar-refractivity contribution in [1.29, 1.82) is 0 Å². The lowest BCUT2D eigenvalue weighted by atomic mass is 10.1. The largest absolute Gasteiger partial charge is 0.307 e. The lowest BCUT2D eigenvalue weighted by molar-refractivity contribution is 0.486. The zero-order valence-corrected chi connectivity index (χ0v) is 11.3. The Morgan fingerprint density at radius 3 is 2.73 bits per heavy atom. The van der Waals surface area contributed by atoms with Crippen LogP contribution in [-0.2, 0) is 0 Å². The van der Waals surface area contributed by atoms with E-state index in [1.807, 2.05) is 0 Å². The summed E-state index contributed by atoms with van der Waals surface area (Å²) < 4.78 is 1.15. The van der Waals surface area contributed by atoms with Gasteiger partial charge in [-0.15, -0.1) is 0 Å². The molecule has 0 saturated carbocycles. The predicted molar refractivity (Wildman–Crippen MR) is 71.4 cm³/mol. The fraction of sp³-hybridized carbons (Fsp3) is 0.500. The molecule has 0 amide bonds. The molecule has 1 nitrogen and oxygen atoms in total. The van der Waals surface area contributed by atoms with Crippen molar-refractivity contribution in [2.75, 3.05) is 11.5 Å². The monoisotopic (exact) mass is 285 g/mol. The molecule has 1 aliphatic heterocycles. The second-order valence-electron chi connectivity index (χ2n) is 4.00. The van der Waals surface area contributed by atoms with Crippen molar-refractivity contribution in [1.82, 2.24) is 5.32 Å². The van der Waals surface area contributed by atoms with Crippen molar-refractivity contribution in [3.63, 3.8) is 0 Å². The Morgan fingerprint density at radius 2 is 2.13 bits per heavy atom. The van der Waals surface area contributed by atoms with Crippen molar-refractivity contribution in [3.8, 4) is 0 Å². The first-order valence-corrected chi connectivity index (χ1v) is 7.30. The molecular weight excluding hydrogens is 270 g/mol. The average Bonchev–Trinajstić information content (AvgIpc) is 2.71. The van der Waals surface area contributed by atoms with Gasteiger partial charge in [0, 0.05) is 22.3 Å². The minimum absolute atomic E-state index is 0.460. The minimum atomic E-state index is 0.460. The summed E-state index contributed by atoms with van der Waals surface area (Å²) in [7, 11) is 0. The van der Waals surface area contributed by atoms with Gasteiger partial charge in [-0.2, -0.15) is 11.8 Å². The van der Waals surface area contributed by atoms with Gasteiger partial charge >= 0.3 is 0 Å². The van der Waals surface area contributed by atoms with Crippen LogP contribution in [-0.4, -0.2) is 17.5 Å². The van der Waals surface area contributed by atoms with E-state index in [0.717, 1.165) is 4.47 Å². The van der Waals surface area contributed by atoms with Crippen molar-refractivity contribution in [2.45, 2.75) is 25.4 Å². The van der Waals surface area contributed by atoms with E-state index in [-0.39, 0.29) is 0 Å². The minimum Gasteiger partial charge on any atom is -0.307 e. The summed E-state index contributed by atoms with van der Waals surface area (Å²) in [5, 5.41) is 3.68. The quantitative estimate of drug-likeness (QED) is 0.911. The van der Waals surface area contributed by atoms with Crippen LogP contribution in [0.2, 0.25) is 0 Å². The van der Waals surface area contributed by atoms with Gasteiger partial charge in [0.2, 0.25) is 0 Å². The normalized spacial score (nSPS) is 22.9. The van der Waals surface area contributed by atoms with Crippen molar-refractivity contribution in [3.05, 3.63) is 34.3 Å². The molecular formula is C12H16BrNS. The van der Waals surface area contributed by atoms with Crippen LogP contribution in [0.5, 0.6) is 0 Å². The van der Waals surface area contributed by atoms with Crippen molar-refractivity contribution in [2.24, 2.45) is 0 Å². The Balaban J connectivity index is 1.94. The third-order valence-corrected chi connectivity index (χ3v) is 4.48. The van der Waals surface area contributed by atoms with Gasteiger partial charge in [0.05, 0.1) is 0 Å². The van der Waals surface area contributed by atoms with E-state index in [1.54, 1.807) is 0 Å². The van der Waals surface area contributed by atoms with Crippen molar-refractivity contribution < 1.29 is 0 Å². The molecule has 0 spiro atoms. The molecule has 1 heterocycles. The van der Waals surface area contributed by atoms with E-state index in [0.29, 0.717) is 12.1 Å². The van der Waals surface area contributed by atoms with Gasteiger partial charge in [-0.1, -0.05) is 28.1 Å². The molecule has 82 valence electrons. The average molecular weight is 286 g/mol. The van der Waals surface area contributed by atoms with Crippen LogP contribution in [0.25, 0.3) is 0 Å². The fourth-order valence-corrected chi connectivity index (χ4v) is 3.30. The summed E-state index contributed by atoms with van der Waals surface area (Å²) in [4.78, 5) is 0. The van der Waals surface area contributed by atoms with E-state index < -0.39 is 0 Å². The summed E-state index contributed by atoms with van der Waals surface area (Å²) in [6.45, 7) is 2.24. The maximum absolute atomic E-state index is 3.68. The number of halogens is 1. The third-order valence-electron chi connectivity index (χ3n) is 2.79. The molecule has 1 aliphatic rings. The molecule has 0 aliphatic carbocycles. The van der Waals surface area contributed by atoms with E-state index in [1.165, 1.54) is 23.5 Å². The Kier molecular flexibility index (Phi) is 4.12. The first kappa shape index (κ1) is 11.5. The van der Waals surface area contributed by atoms with E-state index >= 15 is 0 Å². The summed E-state index contributed by atoms with van der Waals surface area (Å²) in [6.07, 6.45) is 1.31. The van der Waals surface area contributed by atoms with Crippen LogP contribution in [0.3, 0.4) is 0 Å². The Bertz CT molecular complexity index is 306. The van der Waals surface area contributed by atoms with Crippen LogP contribution >= 0.6 is 27.7 Å². The summed E-state index contributed by atoms with van der Waals surface area (Å²) in [5.74, 6) is 2.57. The Labute approximate surface area is 104 Å².